The number of hydrogen-bond acceptors (Lipinski definition) is 2. The topological polar surface area (TPSA) is 23.5 Å². The van der Waals surface area contributed by atoms with Gasteiger partial charge in [-0.1, -0.05) is 49.6 Å². The van der Waals surface area contributed by atoms with Crippen molar-refractivity contribution >= 4 is 0 Å². The van der Waals surface area contributed by atoms with Gasteiger partial charge in [0.15, 0.2) is 0 Å². The fraction of sp³-hybridized carbons (Fsp3) is 0.667. The molecule has 0 spiro atoms. The summed E-state index contributed by atoms with van der Waals surface area (Å²) in [7, 11) is 0. The summed E-state index contributed by atoms with van der Waals surface area (Å²) in [6.07, 6.45) is 9.13. The smallest absolute Gasteiger partial charge is 0.0586 e. The van der Waals surface area contributed by atoms with Crippen LogP contribution in [0.5, 0.6) is 0 Å². The molecule has 2 aliphatic rings. The van der Waals surface area contributed by atoms with Crippen molar-refractivity contribution in [1.82, 2.24) is 4.90 Å². The quantitative estimate of drug-likeness (QED) is 0.909. The number of benzene rings is 1. The van der Waals surface area contributed by atoms with Crippen molar-refractivity contribution in [3.05, 3.63) is 35.9 Å². The van der Waals surface area contributed by atoms with Crippen LogP contribution in [0.15, 0.2) is 30.3 Å². The zero-order valence-corrected chi connectivity index (χ0v) is 12.4. The third-order valence-electron chi connectivity index (χ3n) is 5.41. The van der Waals surface area contributed by atoms with Crippen molar-refractivity contribution in [1.29, 1.82) is 0 Å². The lowest BCUT2D eigenvalue weighted by Gasteiger charge is -2.42. The maximum Gasteiger partial charge on any atom is 0.0586 e. The highest BCUT2D eigenvalue weighted by molar-refractivity contribution is 5.27. The lowest BCUT2D eigenvalue weighted by atomic mass is 9.69. The second-order valence-electron chi connectivity index (χ2n) is 6.66. The van der Waals surface area contributed by atoms with Crippen LogP contribution in [-0.2, 0) is 5.41 Å². The maximum absolute atomic E-state index is 9.58. The minimum atomic E-state index is 0.324. The lowest BCUT2D eigenvalue weighted by molar-refractivity contribution is 0.115. The van der Waals surface area contributed by atoms with Crippen molar-refractivity contribution in [2.45, 2.75) is 56.4 Å². The summed E-state index contributed by atoms with van der Waals surface area (Å²) in [5, 5.41) is 9.58. The molecule has 1 heterocycles. The molecule has 0 bridgehead atoms. The van der Waals surface area contributed by atoms with E-state index in [1.807, 2.05) is 0 Å². The van der Waals surface area contributed by atoms with Crippen LogP contribution in [0, 0.1) is 0 Å². The predicted molar refractivity (Wildman–Crippen MR) is 82.9 cm³/mol. The first kappa shape index (κ1) is 14.1. The summed E-state index contributed by atoms with van der Waals surface area (Å²) >= 11 is 0. The van der Waals surface area contributed by atoms with Gasteiger partial charge in [0.25, 0.3) is 0 Å². The molecule has 1 N–H and O–H groups in total. The van der Waals surface area contributed by atoms with Crippen LogP contribution in [-0.4, -0.2) is 35.7 Å². The highest BCUT2D eigenvalue weighted by Gasteiger charge is 2.38. The standard InChI is InChI=1S/C18H27NO/c20-14-17-10-7-13-19(17)15-18(11-5-2-6-12-18)16-8-3-1-4-9-16/h1,3-4,8-9,17,20H,2,5-7,10-15H2/t17-/m0/s1. The van der Waals surface area contributed by atoms with Gasteiger partial charge in [0.05, 0.1) is 6.61 Å². The van der Waals surface area contributed by atoms with Crippen molar-refractivity contribution < 1.29 is 5.11 Å². The molecular weight excluding hydrogens is 246 g/mol. The zero-order valence-electron chi connectivity index (χ0n) is 12.4. The molecule has 1 aliphatic heterocycles. The predicted octanol–water partition coefficient (Wildman–Crippen LogP) is 3.35. The number of aliphatic hydroxyl groups excluding tert-OH is 1. The molecule has 1 saturated carbocycles. The van der Waals surface area contributed by atoms with Crippen molar-refractivity contribution in [2.75, 3.05) is 19.7 Å². The normalized spacial score (nSPS) is 26.8. The molecule has 1 saturated heterocycles. The van der Waals surface area contributed by atoms with E-state index in [9.17, 15) is 5.11 Å². The summed E-state index contributed by atoms with van der Waals surface area (Å²) in [6.45, 7) is 2.63. The Labute approximate surface area is 122 Å². The Bertz CT molecular complexity index is 411. The van der Waals surface area contributed by atoms with Gasteiger partial charge in [-0.25, -0.2) is 0 Å². The average Bonchev–Trinajstić information content (AvgIpc) is 2.96. The number of likely N-dealkylation sites (tertiary alicyclic amines) is 1. The molecular formula is C18H27NO. The molecule has 1 aliphatic carbocycles. The Kier molecular flexibility index (Phi) is 4.42. The maximum atomic E-state index is 9.58. The van der Waals surface area contributed by atoms with E-state index in [1.54, 1.807) is 0 Å². The molecule has 0 amide bonds. The number of rotatable bonds is 4. The van der Waals surface area contributed by atoms with Gasteiger partial charge in [-0.3, -0.25) is 4.90 Å². The van der Waals surface area contributed by atoms with Crippen molar-refractivity contribution in [3.63, 3.8) is 0 Å². The Balaban J connectivity index is 1.83. The Hall–Kier alpha value is -0.860. The molecule has 3 rings (SSSR count). The summed E-state index contributed by atoms with van der Waals surface area (Å²) in [4.78, 5) is 2.55. The van der Waals surface area contributed by atoms with Gasteiger partial charge in [-0.2, -0.15) is 0 Å². The number of hydrogen-bond donors (Lipinski definition) is 1. The SMILES string of the molecule is OC[C@@H]1CCCN1CC1(c2ccccc2)CCCCC1. The fourth-order valence-electron chi connectivity index (χ4n) is 4.26. The van der Waals surface area contributed by atoms with Crippen LogP contribution in [0.3, 0.4) is 0 Å². The first-order valence-electron chi connectivity index (χ1n) is 8.24. The molecule has 1 atom stereocenters. The molecule has 2 nitrogen and oxygen atoms in total. The van der Waals surface area contributed by atoms with E-state index in [1.165, 1.54) is 57.1 Å². The summed E-state index contributed by atoms with van der Waals surface area (Å²) in [5.74, 6) is 0. The van der Waals surface area contributed by atoms with Crippen molar-refractivity contribution in [2.24, 2.45) is 0 Å². The monoisotopic (exact) mass is 273 g/mol. The molecule has 0 radical (unpaired) electrons. The van der Waals surface area contributed by atoms with E-state index >= 15 is 0 Å². The minimum Gasteiger partial charge on any atom is -0.395 e. The van der Waals surface area contributed by atoms with Gasteiger partial charge >= 0.3 is 0 Å². The van der Waals surface area contributed by atoms with Gasteiger partial charge in [0.2, 0.25) is 0 Å². The number of aliphatic hydroxyl groups is 1. The van der Waals surface area contributed by atoms with Crippen LogP contribution in [0.25, 0.3) is 0 Å². The highest BCUT2D eigenvalue weighted by Crippen LogP contribution is 2.41. The fourth-order valence-corrected chi connectivity index (χ4v) is 4.26. The van der Waals surface area contributed by atoms with E-state index in [-0.39, 0.29) is 0 Å². The summed E-state index contributed by atoms with van der Waals surface area (Å²) in [5.41, 5.74) is 1.85. The van der Waals surface area contributed by atoms with Crippen molar-refractivity contribution in [3.8, 4) is 0 Å². The lowest BCUT2D eigenvalue weighted by Crippen LogP contribution is -2.45. The Morgan fingerprint density at radius 1 is 1.05 bits per heavy atom. The van der Waals surface area contributed by atoms with Gasteiger partial charge in [-0.15, -0.1) is 0 Å². The number of nitrogens with zero attached hydrogens (tertiary/aromatic N) is 1. The molecule has 1 aromatic carbocycles. The van der Waals surface area contributed by atoms with Gasteiger partial charge in [0.1, 0.15) is 0 Å². The molecule has 1 aromatic rings. The van der Waals surface area contributed by atoms with Crippen LogP contribution >= 0.6 is 0 Å². The third-order valence-corrected chi connectivity index (χ3v) is 5.41. The van der Waals surface area contributed by atoms with Gasteiger partial charge < -0.3 is 5.11 Å². The van der Waals surface area contributed by atoms with E-state index in [0.717, 1.165) is 6.54 Å². The molecule has 2 heteroatoms. The third kappa shape index (κ3) is 2.77. The van der Waals surface area contributed by atoms with E-state index < -0.39 is 0 Å². The molecule has 0 unspecified atom stereocenters. The van der Waals surface area contributed by atoms with E-state index in [2.05, 4.69) is 35.2 Å². The van der Waals surface area contributed by atoms with Crippen LogP contribution in [0.1, 0.15) is 50.5 Å². The van der Waals surface area contributed by atoms with Gasteiger partial charge in [-0.05, 0) is 37.8 Å². The first-order chi connectivity index (χ1) is 9.84. The van der Waals surface area contributed by atoms with Gasteiger partial charge in [0, 0.05) is 18.0 Å². The summed E-state index contributed by atoms with van der Waals surface area (Å²) < 4.78 is 0. The Morgan fingerprint density at radius 2 is 1.80 bits per heavy atom. The first-order valence-corrected chi connectivity index (χ1v) is 8.24. The van der Waals surface area contributed by atoms with E-state index in [4.69, 9.17) is 0 Å². The van der Waals surface area contributed by atoms with Crippen LogP contribution in [0.4, 0.5) is 0 Å². The summed E-state index contributed by atoms with van der Waals surface area (Å²) in [6, 6.07) is 11.5. The second-order valence-corrected chi connectivity index (χ2v) is 6.66. The molecule has 20 heavy (non-hydrogen) atoms. The second kappa shape index (κ2) is 6.28. The molecule has 2 fully saturated rings. The molecule has 0 aromatic heterocycles. The van der Waals surface area contributed by atoms with Crippen LogP contribution in [0.2, 0.25) is 0 Å². The average molecular weight is 273 g/mol. The minimum absolute atomic E-state index is 0.324. The highest BCUT2D eigenvalue weighted by atomic mass is 16.3. The molecule has 110 valence electrons. The van der Waals surface area contributed by atoms with Crippen LogP contribution < -0.4 is 0 Å². The van der Waals surface area contributed by atoms with E-state index in [0.29, 0.717) is 18.1 Å². The largest absolute Gasteiger partial charge is 0.395 e. The Morgan fingerprint density at radius 3 is 2.50 bits per heavy atom. The zero-order chi connectivity index (χ0) is 13.8.